The standard InChI is InChI=1S/C9H5BrClN3OS2/c10-6-3-1-2-5(4-6)8(15)12-13-9-7(11)14-17-16-9/h1-4H,(H,12,15). The van der Waals surface area contributed by atoms with Crippen molar-refractivity contribution in [3.63, 3.8) is 0 Å². The Bertz CT molecular complexity index is 610. The van der Waals surface area contributed by atoms with E-state index in [4.69, 9.17) is 11.6 Å². The lowest BCUT2D eigenvalue weighted by Gasteiger charge is -1.99. The normalized spacial score (nSPS) is 11.5. The molecule has 0 atom stereocenters. The fraction of sp³-hybridized carbons (Fsp3) is 0. The smallest absolute Gasteiger partial charge is 0.267 e. The molecule has 0 aliphatic carbocycles. The Balaban J connectivity index is 2.16. The topological polar surface area (TPSA) is 54.4 Å². The van der Waals surface area contributed by atoms with Crippen LogP contribution in [0.1, 0.15) is 10.4 Å². The van der Waals surface area contributed by atoms with E-state index >= 15 is 0 Å². The zero-order valence-electron chi connectivity index (χ0n) is 8.18. The Hall–Kier alpha value is -0.760. The van der Waals surface area contributed by atoms with Gasteiger partial charge in [-0.25, -0.2) is 5.43 Å². The van der Waals surface area contributed by atoms with Gasteiger partial charge in [0, 0.05) is 20.6 Å². The minimum atomic E-state index is -0.291. The summed E-state index contributed by atoms with van der Waals surface area (Å²) in [6.45, 7) is 0. The number of carbonyl (C=O) groups excluding carboxylic acids is 1. The minimum Gasteiger partial charge on any atom is -0.267 e. The third-order valence-electron chi connectivity index (χ3n) is 1.76. The number of amides is 1. The number of aromatic nitrogens is 1. The molecule has 1 N–H and O–H groups in total. The van der Waals surface area contributed by atoms with Crippen molar-refractivity contribution in [2.75, 3.05) is 0 Å². The average Bonchev–Trinajstić information content (AvgIpc) is 2.72. The molecule has 0 fully saturated rings. The number of carbonyl (C=O) groups is 1. The summed E-state index contributed by atoms with van der Waals surface area (Å²) in [6.07, 6.45) is 0. The van der Waals surface area contributed by atoms with Crippen molar-refractivity contribution < 1.29 is 4.79 Å². The van der Waals surface area contributed by atoms with Crippen LogP contribution >= 0.6 is 48.4 Å². The molecule has 0 aliphatic heterocycles. The molecular formula is C9H5BrClN3OS2. The van der Waals surface area contributed by atoms with Crippen molar-refractivity contribution in [1.29, 1.82) is 0 Å². The van der Waals surface area contributed by atoms with Gasteiger partial charge in [-0.3, -0.25) is 4.79 Å². The summed E-state index contributed by atoms with van der Waals surface area (Å²) in [5, 5.41) is 4.19. The maximum atomic E-state index is 11.7. The second-order valence-corrected chi connectivity index (χ2v) is 6.01. The minimum absolute atomic E-state index is 0.291. The molecule has 1 heterocycles. The van der Waals surface area contributed by atoms with E-state index in [0.717, 1.165) is 4.47 Å². The molecule has 1 aromatic carbocycles. The van der Waals surface area contributed by atoms with E-state index in [0.29, 0.717) is 15.4 Å². The lowest BCUT2D eigenvalue weighted by molar-refractivity contribution is 0.0953. The summed E-state index contributed by atoms with van der Waals surface area (Å²) in [7, 11) is 2.52. The first-order valence-corrected chi connectivity index (χ1v) is 7.66. The Morgan fingerprint density at radius 1 is 1.53 bits per heavy atom. The van der Waals surface area contributed by atoms with Gasteiger partial charge in [0.25, 0.3) is 5.91 Å². The van der Waals surface area contributed by atoms with Gasteiger partial charge in [0.15, 0.2) is 9.82 Å². The van der Waals surface area contributed by atoms with Crippen molar-refractivity contribution in [2.45, 2.75) is 0 Å². The number of benzene rings is 1. The SMILES string of the molecule is O=C(NN=c1ssnc1Cl)c1cccc(Br)c1. The first-order chi connectivity index (χ1) is 8.16. The molecule has 0 radical (unpaired) electrons. The number of rotatable bonds is 2. The molecule has 17 heavy (non-hydrogen) atoms. The first kappa shape index (κ1) is 12.7. The Morgan fingerprint density at radius 3 is 3.00 bits per heavy atom. The van der Waals surface area contributed by atoms with Crippen molar-refractivity contribution >= 4 is 54.3 Å². The number of hydrogen-bond donors (Lipinski definition) is 1. The van der Waals surface area contributed by atoms with Crippen LogP contribution in [-0.4, -0.2) is 10.3 Å². The molecule has 0 unspecified atom stereocenters. The van der Waals surface area contributed by atoms with E-state index in [1.165, 1.54) is 20.9 Å². The third-order valence-corrected chi connectivity index (χ3v) is 4.42. The van der Waals surface area contributed by atoms with E-state index in [2.05, 4.69) is 30.8 Å². The summed E-state index contributed by atoms with van der Waals surface area (Å²) >= 11 is 9.05. The maximum absolute atomic E-state index is 11.7. The predicted molar refractivity (Wildman–Crippen MR) is 72.2 cm³/mol. The van der Waals surface area contributed by atoms with Crippen LogP contribution in [0.4, 0.5) is 0 Å². The second-order valence-electron chi connectivity index (χ2n) is 2.91. The zero-order valence-corrected chi connectivity index (χ0v) is 12.2. The number of nitrogens with one attached hydrogen (secondary N) is 1. The summed E-state index contributed by atoms with van der Waals surface area (Å²) in [5.41, 5.74) is 2.95. The van der Waals surface area contributed by atoms with Gasteiger partial charge in [-0.05, 0) is 28.5 Å². The quantitative estimate of drug-likeness (QED) is 0.669. The highest BCUT2D eigenvalue weighted by molar-refractivity contribution is 9.10. The average molecular weight is 351 g/mol. The van der Waals surface area contributed by atoms with Gasteiger partial charge in [-0.1, -0.05) is 33.6 Å². The maximum Gasteiger partial charge on any atom is 0.271 e. The van der Waals surface area contributed by atoms with E-state index in [1.807, 2.05) is 6.07 Å². The van der Waals surface area contributed by atoms with Gasteiger partial charge >= 0.3 is 0 Å². The monoisotopic (exact) mass is 349 g/mol. The van der Waals surface area contributed by atoms with Crippen molar-refractivity contribution in [1.82, 2.24) is 9.80 Å². The second kappa shape index (κ2) is 5.72. The summed E-state index contributed by atoms with van der Waals surface area (Å²) in [4.78, 5) is 11.7. The molecular weight excluding hydrogens is 346 g/mol. The number of halogens is 2. The predicted octanol–water partition coefficient (Wildman–Crippen LogP) is 2.87. The van der Waals surface area contributed by atoms with Crippen LogP contribution in [0, 0.1) is 0 Å². The molecule has 4 nitrogen and oxygen atoms in total. The summed E-state index contributed by atoms with van der Waals surface area (Å²) in [6, 6.07) is 7.03. The van der Waals surface area contributed by atoms with Gasteiger partial charge in [0.2, 0.25) is 0 Å². The molecule has 1 amide bonds. The van der Waals surface area contributed by atoms with Crippen LogP contribution < -0.4 is 10.1 Å². The highest BCUT2D eigenvalue weighted by atomic mass is 79.9. The number of nitrogens with zero attached hydrogens (tertiary/aromatic N) is 2. The van der Waals surface area contributed by atoms with E-state index in [1.54, 1.807) is 18.2 Å². The molecule has 0 saturated carbocycles. The lowest BCUT2D eigenvalue weighted by atomic mass is 10.2. The van der Waals surface area contributed by atoms with Crippen LogP contribution in [0.5, 0.6) is 0 Å². The molecule has 88 valence electrons. The van der Waals surface area contributed by atoms with Crippen LogP contribution in [0.15, 0.2) is 33.8 Å². The van der Waals surface area contributed by atoms with E-state index < -0.39 is 0 Å². The van der Waals surface area contributed by atoms with Crippen LogP contribution in [0.3, 0.4) is 0 Å². The van der Waals surface area contributed by atoms with Crippen LogP contribution in [0.25, 0.3) is 0 Å². The van der Waals surface area contributed by atoms with E-state index in [-0.39, 0.29) is 5.91 Å². The first-order valence-electron chi connectivity index (χ1n) is 4.38. The molecule has 1 aromatic heterocycles. The number of hydrogen-bond acceptors (Lipinski definition) is 5. The molecule has 0 aliphatic rings. The molecule has 8 heteroatoms. The van der Waals surface area contributed by atoms with Crippen molar-refractivity contribution in [3.05, 3.63) is 44.1 Å². The van der Waals surface area contributed by atoms with E-state index in [9.17, 15) is 4.79 Å². The summed E-state index contributed by atoms with van der Waals surface area (Å²) in [5.74, 6) is -0.291. The molecule has 2 rings (SSSR count). The molecule has 0 saturated heterocycles. The highest BCUT2D eigenvalue weighted by Crippen LogP contribution is 2.11. The molecule has 2 aromatic rings. The van der Waals surface area contributed by atoms with Gasteiger partial charge in [-0.2, -0.15) is 9.47 Å². The lowest BCUT2D eigenvalue weighted by Crippen LogP contribution is -2.20. The Morgan fingerprint density at radius 2 is 2.35 bits per heavy atom. The van der Waals surface area contributed by atoms with Gasteiger partial charge in [0.05, 0.1) is 0 Å². The zero-order chi connectivity index (χ0) is 12.3. The van der Waals surface area contributed by atoms with Crippen LogP contribution in [0.2, 0.25) is 5.15 Å². The van der Waals surface area contributed by atoms with Gasteiger partial charge < -0.3 is 0 Å². The highest BCUT2D eigenvalue weighted by Gasteiger charge is 2.04. The largest absolute Gasteiger partial charge is 0.271 e. The van der Waals surface area contributed by atoms with Crippen LogP contribution in [-0.2, 0) is 0 Å². The van der Waals surface area contributed by atoms with Crippen molar-refractivity contribution in [3.8, 4) is 0 Å². The Labute approximate surface area is 118 Å². The van der Waals surface area contributed by atoms with Gasteiger partial charge in [0.1, 0.15) is 0 Å². The molecule has 0 spiro atoms. The van der Waals surface area contributed by atoms with Crippen molar-refractivity contribution in [2.24, 2.45) is 5.10 Å². The fourth-order valence-corrected chi connectivity index (χ4v) is 3.35. The summed E-state index contributed by atoms with van der Waals surface area (Å²) < 4.78 is 5.19. The fourth-order valence-electron chi connectivity index (χ4n) is 1.02. The molecule has 0 bridgehead atoms. The van der Waals surface area contributed by atoms with Gasteiger partial charge in [-0.15, -0.1) is 0 Å². The Kier molecular flexibility index (Phi) is 4.27. The third kappa shape index (κ3) is 3.35.